The molecule has 1 N–H and O–H groups in total. The van der Waals surface area contributed by atoms with Crippen molar-refractivity contribution in [1.82, 2.24) is 14.9 Å². The summed E-state index contributed by atoms with van der Waals surface area (Å²) in [6.45, 7) is 8.33. The van der Waals surface area contributed by atoms with E-state index >= 15 is 0 Å². The van der Waals surface area contributed by atoms with Gasteiger partial charge in [-0.15, -0.1) is 0 Å². The first kappa shape index (κ1) is 23.6. The highest BCUT2D eigenvalue weighted by molar-refractivity contribution is 5.87. The average molecular weight is 434 g/mol. The minimum atomic E-state index is -0.0163. The van der Waals surface area contributed by atoms with E-state index < -0.39 is 0 Å². The molecular formula is C27H35N3O2. The summed E-state index contributed by atoms with van der Waals surface area (Å²) in [5.41, 5.74) is 4.68. The quantitative estimate of drug-likeness (QED) is 0.302. The molecule has 5 heteroatoms. The number of ether oxygens (including phenoxy) is 1. The Kier molecular flexibility index (Phi) is 8.90. The summed E-state index contributed by atoms with van der Waals surface area (Å²) in [6.07, 6.45) is 8.29. The van der Waals surface area contributed by atoms with Gasteiger partial charge in [-0.2, -0.15) is 0 Å². The largest absolute Gasteiger partial charge is 0.493 e. The number of aromatic nitrogens is 2. The molecule has 3 aromatic rings. The first-order valence-corrected chi connectivity index (χ1v) is 11.6. The molecule has 1 aromatic heterocycles. The van der Waals surface area contributed by atoms with Gasteiger partial charge in [-0.25, -0.2) is 4.98 Å². The zero-order chi connectivity index (χ0) is 22.8. The number of amides is 1. The average Bonchev–Trinajstić information content (AvgIpc) is 3.12. The van der Waals surface area contributed by atoms with Gasteiger partial charge in [0.15, 0.2) is 0 Å². The van der Waals surface area contributed by atoms with E-state index in [1.165, 1.54) is 16.6 Å². The molecule has 0 atom stereocenters. The van der Waals surface area contributed by atoms with Crippen LogP contribution in [-0.2, 0) is 17.8 Å². The minimum absolute atomic E-state index is 0.0163. The van der Waals surface area contributed by atoms with Crippen molar-refractivity contribution in [3.8, 4) is 5.75 Å². The fourth-order valence-electron chi connectivity index (χ4n) is 3.94. The molecule has 0 unspecified atom stereocenters. The summed E-state index contributed by atoms with van der Waals surface area (Å²) in [6, 6.07) is 14.7. The fraction of sp³-hybridized carbons (Fsp3) is 0.407. The molecule has 0 saturated carbocycles. The summed E-state index contributed by atoms with van der Waals surface area (Å²) >= 11 is 0. The highest BCUT2D eigenvalue weighted by Gasteiger charge is 2.10. The first-order chi connectivity index (χ1) is 15.6. The van der Waals surface area contributed by atoms with Gasteiger partial charge in [-0.3, -0.25) is 4.79 Å². The van der Waals surface area contributed by atoms with Gasteiger partial charge in [0.1, 0.15) is 11.6 Å². The number of carbonyl (C=O) groups excluding carboxylic acids is 1. The Morgan fingerprint density at radius 2 is 1.94 bits per heavy atom. The summed E-state index contributed by atoms with van der Waals surface area (Å²) in [4.78, 5) is 16.4. The topological polar surface area (TPSA) is 56.2 Å². The Labute approximate surface area is 191 Å². The van der Waals surface area contributed by atoms with Crippen LogP contribution < -0.4 is 10.1 Å². The van der Waals surface area contributed by atoms with Crippen molar-refractivity contribution in [1.29, 1.82) is 0 Å². The van der Waals surface area contributed by atoms with E-state index in [4.69, 9.17) is 9.72 Å². The number of benzene rings is 2. The maximum Gasteiger partial charge on any atom is 0.243 e. The van der Waals surface area contributed by atoms with Crippen LogP contribution in [0.3, 0.4) is 0 Å². The van der Waals surface area contributed by atoms with E-state index in [1.54, 1.807) is 12.2 Å². The predicted octanol–water partition coefficient (Wildman–Crippen LogP) is 5.53. The number of hydrogen-bond donors (Lipinski definition) is 1. The number of nitrogens with one attached hydrogen (secondary N) is 1. The van der Waals surface area contributed by atoms with Crippen molar-refractivity contribution in [2.24, 2.45) is 0 Å². The number of carbonyl (C=O) groups is 1. The van der Waals surface area contributed by atoms with E-state index in [9.17, 15) is 4.79 Å². The van der Waals surface area contributed by atoms with Gasteiger partial charge >= 0.3 is 0 Å². The molecule has 0 aliphatic rings. The molecule has 0 bridgehead atoms. The second kappa shape index (κ2) is 12.1. The molecule has 0 fully saturated rings. The lowest BCUT2D eigenvalue weighted by Gasteiger charge is -2.12. The van der Waals surface area contributed by atoms with Crippen molar-refractivity contribution >= 4 is 16.9 Å². The van der Waals surface area contributed by atoms with E-state index in [0.29, 0.717) is 6.61 Å². The van der Waals surface area contributed by atoms with E-state index in [0.717, 1.165) is 62.3 Å². The summed E-state index contributed by atoms with van der Waals surface area (Å²) in [5.74, 6) is 2.08. The highest BCUT2D eigenvalue weighted by atomic mass is 16.5. The summed E-state index contributed by atoms with van der Waals surface area (Å²) in [5, 5.41) is 2.91. The number of imidazole rings is 1. The lowest BCUT2D eigenvalue weighted by atomic mass is 10.1. The number of aryl methyl sites for hydroxylation is 4. The third kappa shape index (κ3) is 6.71. The molecule has 0 aliphatic heterocycles. The fourth-order valence-corrected chi connectivity index (χ4v) is 3.94. The number of unbranched alkanes of at least 4 members (excludes halogenated alkanes) is 2. The maximum absolute atomic E-state index is 11.5. The van der Waals surface area contributed by atoms with Crippen molar-refractivity contribution in [3.05, 3.63) is 71.6 Å². The standard InChI is InChI=1S/C27H35N3O2/c1-4-11-27(31)28-17-9-5-6-14-26-29-23-12-7-8-13-24(23)30(26)18-10-19-32-25-16-15-21(2)20-22(25)3/h4,7-8,11-13,15-16,20H,5-6,9-10,14,17-19H2,1-3H3,(H,28,31)/b11-4+. The SMILES string of the molecule is C/C=C/C(=O)NCCCCCc1nc2ccccc2n1CCCOc1ccc(C)cc1C. The molecular weight excluding hydrogens is 398 g/mol. The number of allylic oxidation sites excluding steroid dienone is 1. The number of nitrogens with zero attached hydrogens (tertiary/aromatic N) is 2. The third-order valence-corrected chi connectivity index (χ3v) is 5.54. The van der Waals surface area contributed by atoms with Gasteiger partial charge in [0.25, 0.3) is 0 Å². The lowest BCUT2D eigenvalue weighted by Crippen LogP contribution is -2.21. The van der Waals surface area contributed by atoms with Crippen LogP contribution >= 0.6 is 0 Å². The summed E-state index contributed by atoms with van der Waals surface area (Å²) in [7, 11) is 0. The molecule has 0 aliphatic carbocycles. The van der Waals surface area contributed by atoms with Crippen LogP contribution in [0.4, 0.5) is 0 Å². The molecule has 5 nitrogen and oxygen atoms in total. The minimum Gasteiger partial charge on any atom is -0.493 e. The number of para-hydroxylation sites is 2. The van der Waals surface area contributed by atoms with Crippen molar-refractivity contribution in [2.45, 2.75) is 59.4 Å². The smallest absolute Gasteiger partial charge is 0.243 e. The third-order valence-electron chi connectivity index (χ3n) is 5.54. The van der Waals surface area contributed by atoms with Crippen LogP contribution in [0.2, 0.25) is 0 Å². The first-order valence-electron chi connectivity index (χ1n) is 11.6. The molecule has 1 heterocycles. The Balaban J connectivity index is 1.51. The van der Waals surface area contributed by atoms with E-state index in [2.05, 4.69) is 60.1 Å². The van der Waals surface area contributed by atoms with Crippen LogP contribution in [0.5, 0.6) is 5.75 Å². The van der Waals surface area contributed by atoms with Gasteiger partial charge < -0.3 is 14.6 Å². The normalized spacial score (nSPS) is 11.3. The van der Waals surface area contributed by atoms with Crippen LogP contribution in [0.25, 0.3) is 11.0 Å². The van der Waals surface area contributed by atoms with Crippen molar-refractivity contribution < 1.29 is 9.53 Å². The van der Waals surface area contributed by atoms with Gasteiger partial charge in [0, 0.05) is 19.5 Å². The molecule has 1 amide bonds. The number of rotatable bonds is 12. The molecule has 170 valence electrons. The van der Waals surface area contributed by atoms with Gasteiger partial charge in [0.05, 0.1) is 17.6 Å². The molecule has 0 radical (unpaired) electrons. The second-order valence-electron chi connectivity index (χ2n) is 8.24. The Hall–Kier alpha value is -3.08. The predicted molar refractivity (Wildman–Crippen MR) is 131 cm³/mol. The number of fused-ring (bicyclic) bond motifs is 1. The zero-order valence-electron chi connectivity index (χ0n) is 19.6. The molecule has 0 spiro atoms. The van der Waals surface area contributed by atoms with E-state index in [-0.39, 0.29) is 5.91 Å². The zero-order valence-corrected chi connectivity index (χ0v) is 19.6. The van der Waals surface area contributed by atoms with Gasteiger partial charge in [-0.1, -0.05) is 42.3 Å². The highest BCUT2D eigenvalue weighted by Crippen LogP contribution is 2.20. The molecule has 0 saturated heterocycles. The van der Waals surface area contributed by atoms with Gasteiger partial charge in [0.2, 0.25) is 5.91 Å². The monoisotopic (exact) mass is 433 g/mol. The second-order valence-corrected chi connectivity index (χ2v) is 8.24. The molecule has 3 rings (SSSR count). The Morgan fingerprint density at radius 1 is 1.09 bits per heavy atom. The molecule has 2 aromatic carbocycles. The summed E-state index contributed by atoms with van der Waals surface area (Å²) < 4.78 is 8.37. The molecule has 32 heavy (non-hydrogen) atoms. The van der Waals surface area contributed by atoms with Crippen LogP contribution in [0.15, 0.2) is 54.6 Å². The van der Waals surface area contributed by atoms with Gasteiger partial charge in [-0.05, 0) is 69.9 Å². The van der Waals surface area contributed by atoms with Crippen LogP contribution in [-0.4, -0.2) is 28.6 Å². The number of hydrogen-bond acceptors (Lipinski definition) is 3. The van der Waals surface area contributed by atoms with Crippen LogP contribution in [0.1, 0.15) is 49.6 Å². The van der Waals surface area contributed by atoms with Crippen molar-refractivity contribution in [3.63, 3.8) is 0 Å². The maximum atomic E-state index is 11.5. The Morgan fingerprint density at radius 3 is 2.75 bits per heavy atom. The van der Waals surface area contributed by atoms with E-state index in [1.807, 2.05) is 13.0 Å². The van der Waals surface area contributed by atoms with Crippen molar-refractivity contribution in [2.75, 3.05) is 13.2 Å². The van der Waals surface area contributed by atoms with Crippen LogP contribution in [0, 0.1) is 13.8 Å². The Bertz CT molecular complexity index is 1050. The lowest BCUT2D eigenvalue weighted by molar-refractivity contribution is -0.116.